The first-order valence-corrected chi connectivity index (χ1v) is 6.80. The van der Waals surface area contributed by atoms with E-state index in [1.54, 1.807) is 0 Å². The van der Waals surface area contributed by atoms with Crippen molar-refractivity contribution in [2.45, 2.75) is 39.2 Å². The second-order valence-corrected chi connectivity index (χ2v) is 6.30. The molecule has 5 heteroatoms. The number of nitrogens with one attached hydrogen (secondary N) is 1. The molecule has 0 radical (unpaired) electrons. The lowest BCUT2D eigenvalue weighted by molar-refractivity contribution is 0.334. The Kier molecular flexibility index (Phi) is 3.90. The zero-order valence-electron chi connectivity index (χ0n) is 12.0. The lowest BCUT2D eigenvalue weighted by Crippen LogP contribution is -2.45. The molecule has 0 saturated carbocycles. The second kappa shape index (κ2) is 5.26. The fraction of sp³-hybridized carbons (Fsp3) is 0.846. The summed E-state index contributed by atoms with van der Waals surface area (Å²) in [6, 6.07) is 0. The van der Waals surface area contributed by atoms with E-state index in [9.17, 15) is 0 Å². The van der Waals surface area contributed by atoms with Crippen LogP contribution in [-0.4, -0.2) is 40.2 Å². The first kappa shape index (κ1) is 13.3. The van der Waals surface area contributed by atoms with Crippen LogP contribution in [0.4, 0.5) is 5.82 Å². The number of anilines is 1. The molecule has 1 N–H and O–H groups in total. The van der Waals surface area contributed by atoms with Gasteiger partial charge in [0.15, 0.2) is 0 Å². The van der Waals surface area contributed by atoms with Gasteiger partial charge in [-0.15, -0.1) is 5.10 Å². The second-order valence-electron chi connectivity index (χ2n) is 6.30. The Labute approximate surface area is 110 Å². The third kappa shape index (κ3) is 3.45. The van der Waals surface area contributed by atoms with E-state index in [1.807, 2.05) is 17.9 Å². The van der Waals surface area contributed by atoms with Crippen molar-refractivity contribution < 1.29 is 0 Å². The number of hydrogen-bond donors (Lipinski definition) is 1. The number of aryl methyl sites for hydroxylation is 1. The van der Waals surface area contributed by atoms with E-state index < -0.39 is 0 Å². The summed E-state index contributed by atoms with van der Waals surface area (Å²) in [5, 5.41) is 11.6. The van der Waals surface area contributed by atoms with Gasteiger partial charge in [0, 0.05) is 32.2 Å². The standard InChI is InChI=1S/C13H25N5/c1-13(2,3)14-8-11-6-5-7-18(10-11)12-9-15-16-17(12)4/h9,11,14H,5-8,10H2,1-4H3. The Balaban J connectivity index is 1.91. The summed E-state index contributed by atoms with van der Waals surface area (Å²) >= 11 is 0. The molecule has 2 rings (SSSR count). The molecule has 0 aromatic carbocycles. The molecular formula is C13H25N5. The number of nitrogens with zero attached hydrogens (tertiary/aromatic N) is 4. The van der Waals surface area contributed by atoms with E-state index in [4.69, 9.17) is 0 Å². The van der Waals surface area contributed by atoms with E-state index >= 15 is 0 Å². The van der Waals surface area contributed by atoms with Crippen LogP contribution in [0.2, 0.25) is 0 Å². The molecule has 102 valence electrons. The zero-order valence-corrected chi connectivity index (χ0v) is 12.0. The molecule has 0 spiro atoms. The summed E-state index contributed by atoms with van der Waals surface area (Å²) in [5.74, 6) is 1.85. The number of piperidine rings is 1. The molecule has 0 amide bonds. The number of hydrogen-bond acceptors (Lipinski definition) is 4. The molecule has 1 unspecified atom stereocenters. The minimum absolute atomic E-state index is 0.205. The van der Waals surface area contributed by atoms with Crippen molar-refractivity contribution >= 4 is 5.82 Å². The Morgan fingerprint density at radius 3 is 2.83 bits per heavy atom. The van der Waals surface area contributed by atoms with Gasteiger partial charge in [-0.1, -0.05) is 5.21 Å². The minimum atomic E-state index is 0.205. The summed E-state index contributed by atoms with van der Waals surface area (Å²) in [5.41, 5.74) is 0.205. The zero-order chi connectivity index (χ0) is 13.2. The predicted molar refractivity (Wildman–Crippen MR) is 73.7 cm³/mol. The fourth-order valence-corrected chi connectivity index (χ4v) is 2.46. The van der Waals surface area contributed by atoms with E-state index in [1.165, 1.54) is 12.8 Å². The molecule has 5 nitrogen and oxygen atoms in total. The third-order valence-electron chi connectivity index (χ3n) is 3.45. The van der Waals surface area contributed by atoms with Gasteiger partial charge >= 0.3 is 0 Å². The molecule has 1 aliphatic rings. The van der Waals surface area contributed by atoms with Crippen LogP contribution < -0.4 is 10.2 Å². The van der Waals surface area contributed by atoms with Gasteiger partial charge in [0.1, 0.15) is 5.82 Å². The summed E-state index contributed by atoms with van der Waals surface area (Å²) < 4.78 is 1.86. The highest BCUT2D eigenvalue weighted by molar-refractivity contribution is 5.36. The highest BCUT2D eigenvalue weighted by Crippen LogP contribution is 2.21. The molecule has 2 heterocycles. The fourth-order valence-electron chi connectivity index (χ4n) is 2.46. The van der Waals surface area contributed by atoms with Crippen molar-refractivity contribution in [3.63, 3.8) is 0 Å². The molecule has 1 fully saturated rings. The van der Waals surface area contributed by atoms with Crippen molar-refractivity contribution in [3.8, 4) is 0 Å². The monoisotopic (exact) mass is 251 g/mol. The van der Waals surface area contributed by atoms with Gasteiger partial charge in [-0.2, -0.15) is 0 Å². The van der Waals surface area contributed by atoms with Crippen LogP contribution in [0, 0.1) is 5.92 Å². The molecule has 0 aliphatic carbocycles. The van der Waals surface area contributed by atoms with Gasteiger partial charge in [0.05, 0.1) is 6.20 Å². The maximum absolute atomic E-state index is 4.01. The lowest BCUT2D eigenvalue weighted by atomic mass is 9.96. The van der Waals surface area contributed by atoms with Crippen LogP contribution in [-0.2, 0) is 7.05 Å². The van der Waals surface area contributed by atoms with Crippen LogP contribution in [0.25, 0.3) is 0 Å². The first-order valence-electron chi connectivity index (χ1n) is 6.80. The van der Waals surface area contributed by atoms with Gasteiger partial charge < -0.3 is 10.2 Å². The average Bonchev–Trinajstić information content (AvgIpc) is 2.72. The van der Waals surface area contributed by atoms with Crippen LogP contribution in [0.5, 0.6) is 0 Å². The highest BCUT2D eigenvalue weighted by Gasteiger charge is 2.23. The van der Waals surface area contributed by atoms with Crippen molar-refractivity contribution in [1.82, 2.24) is 20.3 Å². The maximum atomic E-state index is 4.01. The van der Waals surface area contributed by atoms with Gasteiger partial charge in [0.25, 0.3) is 0 Å². The summed E-state index contributed by atoms with van der Waals surface area (Å²) in [6.07, 6.45) is 4.42. The SMILES string of the molecule is Cn1nncc1N1CCCC(CNC(C)(C)C)C1. The minimum Gasteiger partial charge on any atom is -0.355 e. The normalized spacial score (nSPS) is 21.3. The van der Waals surface area contributed by atoms with Crippen molar-refractivity contribution in [1.29, 1.82) is 0 Å². The largest absolute Gasteiger partial charge is 0.355 e. The van der Waals surface area contributed by atoms with Gasteiger partial charge in [-0.05, 0) is 39.5 Å². The molecule has 1 aliphatic heterocycles. The number of rotatable bonds is 3. The van der Waals surface area contributed by atoms with E-state index in [2.05, 4.69) is 41.3 Å². The van der Waals surface area contributed by atoms with E-state index in [-0.39, 0.29) is 5.54 Å². The van der Waals surface area contributed by atoms with Crippen molar-refractivity contribution in [3.05, 3.63) is 6.20 Å². The topological polar surface area (TPSA) is 46.0 Å². The summed E-state index contributed by atoms with van der Waals surface area (Å²) in [7, 11) is 1.96. The van der Waals surface area contributed by atoms with Crippen LogP contribution in [0.3, 0.4) is 0 Å². The maximum Gasteiger partial charge on any atom is 0.147 e. The Morgan fingerprint density at radius 2 is 2.22 bits per heavy atom. The summed E-state index contributed by atoms with van der Waals surface area (Å²) in [4.78, 5) is 2.40. The van der Waals surface area contributed by atoms with Gasteiger partial charge in [-0.3, -0.25) is 0 Å². The van der Waals surface area contributed by atoms with Crippen LogP contribution in [0.1, 0.15) is 33.6 Å². The molecule has 18 heavy (non-hydrogen) atoms. The summed E-state index contributed by atoms with van der Waals surface area (Å²) in [6.45, 7) is 9.97. The number of aromatic nitrogens is 3. The van der Waals surface area contributed by atoms with Crippen molar-refractivity contribution in [2.24, 2.45) is 13.0 Å². The Morgan fingerprint density at radius 1 is 1.44 bits per heavy atom. The van der Waals surface area contributed by atoms with E-state index in [0.717, 1.165) is 25.5 Å². The molecule has 0 bridgehead atoms. The average molecular weight is 251 g/mol. The molecule has 1 aromatic rings. The lowest BCUT2D eigenvalue weighted by Gasteiger charge is -2.35. The Hall–Kier alpha value is -1.10. The van der Waals surface area contributed by atoms with Crippen LogP contribution >= 0.6 is 0 Å². The molecule has 1 saturated heterocycles. The first-order chi connectivity index (χ1) is 8.46. The quantitative estimate of drug-likeness (QED) is 0.882. The predicted octanol–water partition coefficient (Wildman–Crippen LogP) is 1.42. The molecular weight excluding hydrogens is 226 g/mol. The van der Waals surface area contributed by atoms with Gasteiger partial charge in [0.2, 0.25) is 0 Å². The molecule has 1 aromatic heterocycles. The highest BCUT2D eigenvalue weighted by atomic mass is 15.5. The van der Waals surface area contributed by atoms with E-state index in [0.29, 0.717) is 5.92 Å². The molecule has 1 atom stereocenters. The van der Waals surface area contributed by atoms with Gasteiger partial charge in [-0.25, -0.2) is 4.68 Å². The third-order valence-corrected chi connectivity index (χ3v) is 3.45. The Bertz CT molecular complexity index is 379. The van der Waals surface area contributed by atoms with Crippen LogP contribution in [0.15, 0.2) is 6.20 Å². The smallest absolute Gasteiger partial charge is 0.147 e. The van der Waals surface area contributed by atoms with Crippen molar-refractivity contribution in [2.75, 3.05) is 24.5 Å².